The van der Waals surface area contributed by atoms with Crippen LogP contribution in [0.1, 0.15) is 60.9 Å². The average Bonchev–Trinajstić information content (AvgIpc) is 3.20. The van der Waals surface area contributed by atoms with Crippen LogP contribution in [0.2, 0.25) is 18.1 Å². The van der Waals surface area contributed by atoms with Crippen LogP contribution in [0.5, 0.6) is 5.75 Å². The summed E-state index contributed by atoms with van der Waals surface area (Å²) in [7, 11) is -2.06. The molecule has 0 saturated carbocycles. The topological polar surface area (TPSA) is 99.5 Å². The van der Waals surface area contributed by atoms with Gasteiger partial charge in [0.05, 0.1) is 12.6 Å². The fourth-order valence-corrected chi connectivity index (χ4v) is 7.52. The Labute approximate surface area is 288 Å². The van der Waals surface area contributed by atoms with Crippen molar-refractivity contribution >= 4 is 32.1 Å². The molecule has 0 N–H and O–H groups in total. The zero-order chi connectivity index (χ0) is 35.7. The molecule has 2 aliphatic rings. The average molecular weight is 720 g/mol. The lowest BCUT2D eigenvalue weighted by atomic mass is 9.94. The predicted octanol–water partition coefficient (Wildman–Crippen LogP) is 7.06. The first-order valence-corrected chi connectivity index (χ1v) is 19.7. The SMILES string of the molecule is C[C@H](N1CN([C@H]2c3ccccc3CSc3ccccc32)n2ccc(=O)c(OCOC(=O)OCCO[Si](C)(C)C(C)(C)C)c2C1=O)C(F)(F)F. The zero-order valence-corrected chi connectivity index (χ0v) is 30.0. The van der Waals surface area contributed by atoms with Gasteiger partial charge in [-0.3, -0.25) is 19.3 Å². The summed E-state index contributed by atoms with van der Waals surface area (Å²) in [6.07, 6.45) is -4.53. The second-order valence-electron chi connectivity index (χ2n) is 13.3. The molecule has 264 valence electrons. The quantitative estimate of drug-likeness (QED) is 0.0997. The Morgan fingerprint density at radius 2 is 1.65 bits per heavy atom. The number of thioether (sulfide) groups is 1. The van der Waals surface area contributed by atoms with Gasteiger partial charge in [-0.2, -0.15) is 13.2 Å². The van der Waals surface area contributed by atoms with Gasteiger partial charge in [-0.1, -0.05) is 63.2 Å². The molecule has 2 atom stereocenters. The van der Waals surface area contributed by atoms with E-state index in [-0.39, 0.29) is 18.3 Å². The van der Waals surface area contributed by atoms with E-state index >= 15 is 0 Å². The number of benzene rings is 2. The summed E-state index contributed by atoms with van der Waals surface area (Å²) in [5.74, 6) is -1.00. The molecule has 0 spiro atoms. The molecule has 0 radical (unpaired) electrons. The van der Waals surface area contributed by atoms with Gasteiger partial charge in [0.2, 0.25) is 18.0 Å². The number of pyridine rings is 1. The molecule has 5 rings (SSSR count). The highest BCUT2D eigenvalue weighted by Gasteiger charge is 2.48. The smallest absolute Gasteiger partial charge is 0.451 e. The van der Waals surface area contributed by atoms with Gasteiger partial charge in [0.1, 0.15) is 19.3 Å². The monoisotopic (exact) mass is 719 g/mol. The molecule has 0 aliphatic carbocycles. The number of alkyl halides is 3. The summed E-state index contributed by atoms with van der Waals surface area (Å²) in [6, 6.07) is 13.5. The van der Waals surface area contributed by atoms with E-state index in [1.807, 2.05) is 48.5 Å². The van der Waals surface area contributed by atoms with E-state index in [1.165, 1.54) is 10.9 Å². The molecule has 0 bridgehead atoms. The van der Waals surface area contributed by atoms with Crippen LogP contribution >= 0.6 is 11.8 Å². The molecule has 0 saturated heterocycles. The van der Waals surface area contributed by atoms with Gasteiger partial charge in [0.25, 0.3) is 5.91 Å². The second-order valence-corrected chi connectivity index (χ2v) is 19.1. The van der Waals surface area contributed by atoms with Crippen LogP contribution in [-0.4, -0.2) is 68.8 Å². The van der Waals surface area contributed by atoms with E-state index in [2.05, 4.69) is 33.9 Å². The maximum Gasteiger partial charge on any atom is 0.511 e. The number of amides is 1. The number of halogens is 3. The molecule has 2 aliphatic heterocycles. The van der Waals surface area contributed by atoms with Gasteiger partial charge in [-0.25, -0.2) is 4.79 Å². The molecule has 3 aromatic rings. The van der Waals surface area contributed by atoms with Crippen molar-refractivity contribution in [3.05, 3.63) is 93.4 Å². The largest absolute Gasteiger partial charge is 0.511 e. The molecule has 0 fully saturated rings. The van der Waals surface area contributed by atoms with E-state index in [4.69, 9.17) is 18.6 Å². The molecule has 10 nitrogen and oxygen atoms in total. The molecule has 1 aromatic heterocycles. The number of ether oxygens (including phenoxy) is 3. The van der Waals surface area contributed by atoms with Crippen molar-refractivity contribution in [3.63, 3.8) is 0 Å². The summed E-state index contributed by atoms with van der Waals surface area (Å²) >= 11 is 1.60. The highest BCUT2D eigenvalue weighted by molar-refractivity contribution is 7.98. The number of fused-ring (bicyclic) bond motifs is 3. The third kappa shape index (κ3) is 7.63. The number of nitrogens with zero attached hydrogens (tertiary/aromatic N) is 3. The van der Waals surface area contributed by atoms with E-state index in [0.29, 0.717) is 10.7 Å². The Morgan fingerprint density at radius 3 is 2.35 bits per heavy atom. The summed E-state index contributed by atoms with van der Waals surface area (Å²) in [4.78, 5) is 41.0. The molecular formula is C34H40F3N3O7SSi. The Bertz CT molecular complexity index is 1710. The van der Waals surface area contributed by atoms with Crippen molar-refractivity contribution in [1.82, 2.24) is 9.58 Å². The minimum absolute atomic E-state index is 0.0351. The van der Waals surface area contributed by atoms with Crippen LogP contribution < -0.4 is 15.2 Å². The van der Waals surface area contributed by atoms with Gasteiger partial charge in [0.15, 0.2) is 14.0 Å². The van der Waals surface area contributed by atoms with Crippen molar-refractivity contribution < 1.29 is 41.4 Å². The van der Waals surface area contributed by atoms with Crippen molar-refractivity contribution in [1.29, 1.82) is 0 Å². The molecule has 2 aromatic carbocycles. The van der Waals surface area contributed by atoms with E-state index in [9.17, 15) is 27.6 Å². The van der Waals surface area contributed by atoms with Crippen LogP contribution in [0.3, 0.4) is 0 Å². The fourth-order valence-electron chi connectivity index (χ4n) is 5.39. The van der Waals surface area contributed by atoms with Crippen LogP contribution in [0.25, 0.3) is 0 Å². The summed E-state index contributed by atoms with van der Waals surface area (Å²) in [6.45, 7) is 10.0. The van der Waals surface area contributed by atoms with Crippen molar-refractivity contribution in [2.45, 2.75) is 74.7 Å². The van der Waals surface area contributed by atoms with E-state index in [0.717, 1.165) is 34.6 Å². The first-order chi connectivity index (χ1) is 23.0. The Balaban J connectivity index is 1.46. The zero-order valence-electron chi connectivity index (χ0n) is 28.2. The van der Waals surface area contributed by atoms with Gasteiger partial charge in [-0.05, 0) is 47.8 Å². The minimum atomic E-state index is -4.77. The number of carbonyl (C=O) groups excluding carboxylic acids is 2. The third-order valence-corrected chi connectivity index (χ3v) is 14.9. The standard InChI is InChI=1S/C34H40F3N3O7SSi/c1-22(34(35,36)37)38-20-40(28-24-12-8-7-11-23(24)19-48-27-14-10-9-13-25(27)28)39-16-15-26(41)30(29(39)31(38)42)45-21-46-32(43)44-17-18-47-49(5,6)33(2,3)4/h7-16,22,28H,17-21H2,1-6H3/t22-,28-/m0/s1. The van der Waals surface area contributed by atoms with Crippen molar-refractivity contribution in [3.8, 4) is 5.75 Å². The normalized spacial score (nSPS) is 17.0. The van der Waals surface area contributed by atoms with E-state index in [1.54, 1.807) is 16.8 Å². The van der Waals surface area contributed by atoms with Gasteiger partial charge in [-0.15, -0.1) is 11.8 Å². The number of hydrogen-bond acceptors (Lipinski definition) is 9. The third-order valence-electron chi connectivity index (χ3n) is 9.21. The van der Waals surface area contributed by atoms with Crippen LogP contribution in [0.4, 0.5) is 18.0 Å². The molecule has 49 heavy (non-hydrogen) atoms. The highest BCUT2D eigenvalue weighted by Crippen LogP contribution is 2.43. The van der Waals surface area contributed by atoms with Crippen LogP contribution in [0, 0.1) is 0 Å². The van der Waals surface area contributed by atoms with Crippen molar-refractivity contribution in [2.24, 2.45) is 0 Å². The lowest BCUT2D eigenvalue weighted by Crippen LogP contribution is -2.60. The summed E-state index contributed by atoms with van der Waals surface area (Å²) < 4.78 is 65.7. The maximum atomic E-state index is 14.2. The Kier molecular flexibility index (Phi) is 10.5. The number of hydrogen-bond donors (Lipinski definition) is 0. The summed E-state index contributed by atoms with van der Waals surface area (Å²) in [5, 5.41) is 1.58. The molecule has 0 unspecified atom stereocenters. The maximum absolute atomic E-state index is 14.2. The molecule has 15 heteroatoms. The Morgan fingerprint density at radius 1 is 0.980 bits per heavy atom. The number of rotatable bonds is 9. The highest BCUT2D eigenvalue weighted by atomic mass is 32.2. The van der Waals surface area contributed by atoms with Crippen LogP contribution in [0.15, 0.2) is 70.5 Å². The lowest BCUT2D eigenvalue weighted by molar-refractivity contribution is -0.173. The second kappa shape index (κ2) is 14.1. The minimum Gasteiger partial charge on any atom is -0.451 e. The van der Waals surface area contributed by atoms with Gasteiger partial charge in [0, 0.05) is 22.9 Å². The summed E-state index contributed by atoms with van der Waals surface area (Å²) in [5.41, 5.74) is 1.42. The van der Waals surface area contributed by atoms with Crippen LogP contribution in [-0.2, 0) is 19.7 Å². The predicted molar refractivity (Wildman–Crippen MR) is 181 cm³/mol. The number of carbonyl (C=O) groups is 2. The Hall–Kier alpha value is -3.95. The molecule has 1 amide bonds. The fraction of sp³-hybridized carbons (Fsp3) is 0.441. The lowest BCUT2D eigenvalue weighted by Gasteiger charge is -2.46. The van der Waals surface area contributed by atoms with Crippen molar-refractivity contribution in [2.75, 3.05) is 31.7 Å². The first-order valence-electron chi connectivity index (χ1n) is 15.8. The molecule has 3 heterocycles. The van der Waals surface area contributed by atoms with Gasteiger partial charge >= 0.3 is 12.3 Å². The van der Waals surface area contributed by atoms with Gasteiger partial charge < -0.3 is 23.5 Å². The first kappa shape index (κ1) is 36.3. The molecular weight excluding hydrogens is 680 g/mol. The number of aromatic nitrogens is 1. The van der Waals surface area contributed by atoms with E-state index < -0.39 is 69.0 Å².